The molecule has 2 amide bonds. The molecule has 1 heterocycles. The van der Waals surface area contributed by atoms with Gasteiger partial charge >= 0.3 is 5.97 Å². The number of benzene rings is 1. The van der Waals surface area contributed by atoms with Gasteiger partial charge in [-0.1, -0.05) is 12.5 Å². The molecule has 3 rings (SSSR count). The molecule has 110 valence electrons. The minimum Gasteiger partial charge on any atom is -0.481 e. The van der Waals surface area contributed by atoms with Gasteiger partial charge in [0.25, 0.3) is 5.91 Å². The van der Waals surface area contributed by atoms with Crippen LogP contribution in [0.1, 0.15) is 35.2 Å². The normalized spacial score (nSPS) is 18.4. The summed E-state index contributed by atoms with van der Waals surface area (Å²) in [5.74, 6) is -1.25. The summed E-state index contributed by atoms with van der Waals surface area (Å²) in [6.45, 7) is 0.143. The van der Waals surface area contributed by atoms with Crippen LogP contribution in [-0.4, -0.2) is 29.4 Å². The number of aliphatic carboxylic acids is 1. The van der Waals surface area contributed by atoms with Gasteiger partial charge in [-0.3, -0.25) is 14.4 Å². The maximum absolute atomic E-state index is 12.1. The van der Waals surface area contributed by atoms with Gasteiger partial charge in [0.15, 0.2) is 0 Å². The summed E-state index contributed by atoms with van der Waals surface area (Å²) in [6.07, 6.45) is 2.41. The van der Waals surface area contributed by atoms with E-state index in [9.17, 15) is 19.5 Å². The molecule has 21 heavy (non-hydrogen) atoms. The molecule has 1 aromatic carbocycles. The lowest BCUT2D eigenvalue weighted by molar-refractivity contribution is -0.153. The number of carbonyl (C=O) groups excluding carboxylic acids is 2. The predicted molar refractivity (Wildman–Crippen MR) is 75.0 cm³/mol. The number of carboxylic acid groups (broad SMARTS) is 1. The highest BCUT2D eigenvalue weighted by Crippen LogP contribution is 2.40. The van der Waals surface area contributed by atoms with Gasteiger partial charge in [-0.15, -0.1) is 0 Å². The molecule has 2 aliphatic rings. The third-order valence-electron chi connectivity index (χ3n) is 4.35. The second-order valence-electron chi connectivity index (χ2n) is 5.72. The monoisotopic (exact) mass is 288 g/mol. The summed E-state index contributed by atoms with van der Waals surface area (Å²) < 4.78 is 0. The van der Waals surface area contributed by atoms with E-state index in [2.05, 4.69) is 10.6 Å². The number of carboxylic acids is 1. The lowest BCUT2D eigenvalue weighted by atomic mass is 9.69. The predicted octanol–water partition coefficient (Wildman–Crippen LogP) is 1.17. The second kappa shape index (κ2) is 4.87. The van der Waals surface area contributed by atoms with Crippen LogP contribution >= 0.6 is 0 Å². The zero-order chi connectivity index (χ0) is 15.0. The van der Waals surface area contributed by atoms with Gasteiger partial charge in [-0.25, -0.2) is 0 Å². The van der Waals surface area contributed by atoms with Gasteiger partial charge in [0.05, 0.1) is 11.8 Å². The van der Waals surface area contributed by atoms with E-state index in [1.54, 1.807) is 18.2 Å². The first-order valence-corrected chi connectivity index (χ1v) is 6.95. The minimum absolute atomic E-state index is 0.0816. The number of hydrogen-bond donors (Lipinski definition) is 3. The van der Waals surface area contributed by atoms with E-state index in [0.29, 0.717) is 30.5 Å². The van der Waals surface area contributed by atoms with Crippen LogP contribution in [0.5, 0.6) is 0 Å². The summed E-state index contributed by atoms with van der Waals surface area (Å²) in [7, 11) is 0. The molecule has 0 radical (unpaired) electrons. The Hall–Kier alpha value is -2.37. The van der Waals surface area contributed by atoms with E-state index in [-0.39, 0.29) is 18.4 Å². The molecule has 1 aromatic rings. The zero-order valence-electron chi connectivity index (χ0n) is 11.4. The van der Waals surface area contributed by atoms with Crippen molar-refractivity contribution < 1.29 is 19.5 Å². The summed E-state index contributed by atoms with van der Waals surface area (Å²) >= 11 is 0. The third kappa shape index (κ3) is 2.37. The van der Waals surface area contributed by atoms with Crippen molar-refractivity contribution in [1.82, 2.24) is 5.32 Å². The van der Waals surface area contributed by atoms with Crippen molar-refractivity contribution in [1.29, 1.82) is 0 Å². The Kier molecular flexibility index (Phi) is 3.16. The van der Waals surface area contributed by atoms with Crippen molar-refractivity contribution in [2.24, 2.45) is 5.41 Å². The molecule has 1 fully saturated rings. The molecule has 0 atom stereocenters. The van der Waals surface area contributed by atoms with E-state index in [4.69, 9.17) is 0 Å². The van der Waals surface area contributed by atoms with Crippen molar-refractivity contribution >= 4 is 23.5 Å². The molecule has 3 N–H and O–H groups in total. The first-order valence-electron chi connectivity index (χ1n) is 6.95. The summed E-state index contributed by atoms with van der Waals surface area (Å²) in [4.78, 5) is 34.6. The smallest absolute Gasteiger partial charge is 0.311 e. The fourth-order valence-corrected chi connectivity index (χ4v) is 2.78. The molecule has 1 aliphatic carbocycles. The molecule has 0 bridgehead atoms. The van der Waals surface area contributed by atoms with Gasteiger partial charge < -0.3 is 15.7 Å². The highest BCUT2D eigenvalue weighted by Gasteiger charge is 2.44. The number of rotatable bonds is 4. The Balaban J connectivity index is 1.68. The van der Waals surface area contributed by atoms with Crippen molar-refractivity contribution in [3.8, 4) is 0 Å². The van der Waals surface area contributed by atoms with Crippen molar-refractivity contribution in [2.45, 2.75) is 25.7 Å². The lowest BCUT2D eigenvalue weighted by Crippen LogP contribution is -2.47. The van der Waals surface area contributed by atoms with E-state index >= 15 is 0 Å². The molecule has 1 aliphatic heterocycles. The fourth-order valence-electron chi connectivity index (χ4n) is 2.78. The average Bonchev–Trinajstić information content (AvgIpc) is 2.75. The maximum atomic E-state index is 12.1. The van der Waals surface area contributed by atoms with Crippen LogP contribution in [-0.2, 0) is 16.0 Å². The van der Waals surface area contributed by atoms with Crippen molar-refractivity contribution in [2.75, 3.05) is 11.9 Å². The van der Waals surface area contributed by atoms with Gasteiger partial charge in [-0.05, 0) is 30.5 Å². The van der Waals surface area contributed by atoms with Crippen LogP contribution in [0.4, 0.5) is 5.69 Å². The topological polar surface area (TPSA) is 95.5 Å². The minimum atomic E-state index is -0.852. The van der Waals surface area contributed by atoms with E-state index < -0.39 is 11.4 Å². The molecule has 0 unspecified atom stereocenters. The maximum Gasteiger partial charge on any atom is 0.311 e. The fraction of sp³-hybridized carbons (Fsp3) is 0.400. The summed E-state index contributed by atoms with van der Waals surface area (Å²) in [6, 6.07) is 5.03. The Bertz CT molecular complexity index is 635. The van der Waals surface area contributed by atoms with Gasteiger partial charge in [0.2, 0.25) is 5.91 Å². The Morgan fingerprint density at radius 1 is 1.33 bits per heavy atom. The van der Waals surface area contributed by atoms with Gasteiger partial charge in [-0.2, -0.15) is 0 Å². The summed E-state index contributed by atoms with van der Waals surface area (Å²) in [5.41, 5.74) is 1.15. The van der Waals surface area contributed by atoms with Crippen molar-refractivity contribution in [3.05, 3.63) is 29.3 Å². The zero-order valence-corrected chi connectivity index (χ0v) is 11.4. The number of carbonyl (C=O) groups is 3. The van der Waals surface area contributed by atoms with Gasteiger partial charge in [0.1, 0.15) is 0 Å². The number of amides is 2. The molecule has 0 aromatic heterocycles. The van der Waals surface area contributed by atoms with Crippen LogP contribution in [0, 0.1) is 5.41 Å². The van der Waals surface area contributed by atoms with Crippen LogP contribution < -0.4 is 10.6 Å². The molecule has 0 saturated heterocycles. The number of hydrogen-bond acceptors (Lipinski definition) is 3. The second-order valence-corrected chi connectivity index (χ2v) is 5.72. The molecule has 6 heteroatoms. The first kappa shape index (κ1) is 13.6. The Morgan fingerprint density at radius 2 is 2.10 bits per heavy atom. The van der Waals surface area contributed by atoms with Crippen molar-refractivity contribution in [3.63, 3.8) is 0 Å². The lowest BCUT2D eigenvalue weighted by Gasteiger charge is -2.37. The Morgan fingerprint density at radius 3 is 2.71 bits per heavy atom. The molecule has 1 saturated carbocycles. The number of anilines is 1. The SMILES string of the molecule is O=C1Cc2ccc(C(=O)NCC3(C(=O)O)CCC3)cc2N1. The van der Waals surface area contributed by atoms with Crippen LogP contribution in [0.2, 0.25) is 0 Å². The Labute approximate surface area is 121 Å². The third-order valence-corrected chi connectivity index (χ3v) is 4.35. The summed E-state index contributed by atoms with van der Waals surface area (Å²) in [5, 5.41) is 14.6. The molecular weight excluding hydrogens is 272 g/mol. The molecule has 0 spiro atoms. The van der Waals surface area contributed by atoms with Gasteiger partial charge in [0, 0.05) is 17.8 Å². The highest BCUT2D eigenvalue weighted by atomic mass is 16.4. The molecular formula is C15H16N2O4. The van der Waals surface area contributed by atoms with Crippen LogP contribution in [0.15, 0.2) is 18.2 Å². The van der Waals surface area contributed by atoms with E-state index in [1.807, 2.05) is 0 Å². The van der Waals surface area contributed by atoms with E-state index in [0.717, 1.165) is 12.0 Å². The largest absolute Gasteiger partial charge is 0.481 e. The number of fused-ring (bicyclic) bond motifs is 1. The standard InChI is InChI=1S/C15H16N2O4/c18-12-7-9-2-3-10(6-11(9)17-12)13(19)16-8-15(14(20)21)4-1-5-15/h2-3,6H,1,4-5,7-8H2,(H,16,19)(H,17,18)(H,20,21). The van der Waals surface area contributed by atoms with E-state index in [1.165, 1.54) is 0 Å². The molecule has 6 nitrogen and oxygen atoms in total. The highest BCUT2D eigenvalue weighted by molar-refractivity contribution is 6.02. The average molecular weight is 288 g/mol. The first-order chi connectivity index (χ1) is 10.00. The van der Waals surface area contributed by atoms with Crippen LogP contribution in [0.25, 0.3) is 0 Å². The quantitative estimate of drug-likeness (QED) is 0.775. The van der Waals surface area contributed by atoms with Crippen LogP contribution in [0.3, 0.4) is 0 Å². The number of nitrogens with one attached hydrogen (secondary N) is 2.